The fourth-order valence-electron chi connectivity index (χ4n) is 3.42. The van der Waals surface area contributed by atoms with Gasteiger partial charge in [-0.25, -0.2) is 15.0 Å². The number of aryl methyl sites for hydroxylation is 1. The molecule has 0 unspecified atom stereocenters. The van der Waals surface area contributed by atoms with Crippen molar-refractivity contribution in [2.24, 2.45) is 7.05 Å². The van der Waals surface area contributed by atoms with E-state index in [2.05, 4.69) is 19.9 Å². The van der Waals surface area contributed by atoms with Gasteiger partial charge in [-0.2, -0.15) is 0 Å². The quantitative estimate of drug-likeness (QED) is 0.707. The Kier molecular flexibility index (Phi) is 4.62. The van der Waals surface area contributed by atoms with Crippen LogP contribution in [0.25, 0.3) is 11.4 Å². The Labute approximate surface area is 157 Å². The van der Waals surface area contributed by atoms with Crippen molar-refractivity contribution in [1.82, 2.24) is 34.4 Å². The van der Waals surface area contributed by atoms with Gasteiger partial charge in [-0.05, 0) is 19.8 Å². The Morgan fingerprint density at radius 2 is 2.00 bits per heavy atom. The second-order valence-corrected chi connectivity index (χ2v) is 6.76. The van der Waals surface area contributed by atoms with E-state index in [0.29, 0.717) is 12.2 Å². The molecule has 1 amide bonds. The van der Waals surface area contributed by atoms with Gasteiger partial charge in [0.15, 0.2) is 0 Å². The SMILES string of the molecule is Cc1ncc(-c2cncc([C@H]3CCCN(C(=O)c4cnccn4)C3)n2)n1C. The van der Waals surface area contributed by atoms with Crippen molar-refractivity contribution in [2.45, 2.75) is 25.7 Å². The van der Waals surface area contributed by atoms with Crippen molar-refractivity contribution in [3.63, 3.8) is 0 Å². The Morgan fingerprint density at radius 1 is 1.11 bits per heavy atom. The van der Waals surface area contributed by atoms with Crippen molar-refractivity contribution in [2.75, 3.05) is 13.1 Å². The van der Waals surface area contributed by atoms with E-state index in [9.17, 15) is 4.79 Å². The highest BCUT2D eigenvalue weighted by atomic mass is 16.2. The van der Waals surface area contributed by atoms with E-state index < -0.39 is 0 Å². The summed E-state index contributed by atoms with van der Waals surface area (Å²) in [6, 6.07) is 0. The zero-order valence-electron chi connectivity index (χ0n) is 15.4. The van der Waals surface area contributed by atoms with Gasteiger partial charge in [0.25, 0.3) is 5.91 Å². The summed E-state index contributed by atoms with van der Waals surface area (Å²) in [6.07, 6.45) is 11.9. The van der Waals surface area contributed by atoms with Crippen LogP contribution in [0.3, 0.4) is 0 Å². The molecule has 0 aliphatic carbocycles. The first-order valence-corrected chi connectivity index (χ1v) is 8.99. The van der Waals surface area contributed by atoms with Gasteiger partial charge in [0.05, 0.1) is 30.0 Å². The third kappa shape index (κ3) is 3.42. The standard InChI is InChI=1S/C19H21N7O/c1-13-23-11-18(25(13)2)16-9-21-8-15(24-16)14-4-3-7-26(12-14)19(27)17-10-20-5-6-22-17/h5-6,8-11,14H,3-4,7,12H2,1-2H3/t14-/m0/s1. The van der Waals surface area contributed by atoms with E-state index in [1.54, 1.807) is 24.8 Å². The molecule has 8 heteroatoms. The Bertz CT molecular complexity index is 954. The van der Waals surface area contributed by atoms with Crippen LogP contribution in [0, 0.1) is 6.92 Å². The third-order valence-electron chi connectivity index (χ3n) is 5.05. The van der Waals surface area contributed by atoms with Crippen molar-refractivity contribution in [1.29, 1.82) is 0 Å². The summed E-state index contributed by atoms with van der Waals surface area (Å²) in [4.78, 5) is 36.2. The molecule has 1 aliphatic heterocycles. The van der Waals surface area contributed by atoms with Gasteiger partial charge in [0, 0.05) is 44.6 Å². The van der Waals surface area contributed by atoms with Crippen LogP contribution in [0.1, 0.15) is 40.8 Å². The predicted molar refractivity (Wildman–Crippen MR) is 98.9 cm³/mol. The maximum absolute atomic E-state index is 12.7. The Balaban J connectivity index is 1.56. The van der Waals surface area contributed by atoms with Crippen LogP contribution in [-0.2, 0) is 7.05 Å². The first-order valence-electron chi connectivity index (χ1n) is 8.99. The minimum Gasteiger partial charge on any atom is -0.337 e. The number of imidazole rings is 1. The van der Waals surface area contributed by atoms with Crippen LogP contribution < -0.4 is 0 Å². The molecular weight excluding hydrogens is 342 g/mol. The average Bonchev–Trinajstić information content (AvgIpc) is 3.07. The van der Waals surface area contributed by atoms with E-state index in [-0.39, 0.29) is 11.8 Å². The summed E-state index contributed by atoms with van der Waals surface area (Å²) in [7, 11) is 1.97. The lowest BCUT2D eigenvalue weighted by Crippen LogP contribution is -2.39. The van der Waals surface area contributed by atoms with E-state index in [1.165, 1.54) is 6.20 Å². The third-order valence-corrected chi connectivity index (χ3v) is 5.05. The molecule has 3 aromatic heterocycles. The Hall–Kier alpha value is -3.16. The highest BCUT2D eigenvalue weighted by Crippen LogP contribution is 2.27. The number of rotatable bonds is 3. The molecule has 138 valence electrons. The molecule has 0 N–H and O–H groups in total. The molecule has 4 heterocycles. The lowest BCUT2D eigenvalue weighted by molar-refractivity contribution is 0.0699. The number of amides is 1. The lowest BCUT2D eigenvalue weighted by atomic mass is 9.94. The minimum atomic E-state index is -0.0841. The van der Waals surface area contributed by atoms with Crippen LogP contribution >= 0.6 is 0 Å². The van der Waals surface area contributed by atoms with Crippen molar-refractivity contribution >= 4 is 5.91 Å². The number of hydrogen-bond acceptors (Lipinski definition) is 6. The zero-order chi connectivity index (χ0) is 18.8. The normalized spacial score (nSPS) is 17.1. The topological polar surface area (TPSA) is 89.7 Å². The van der Waals surface area contributed by atoms with Crippen LogP contribution in [0.2, 0.25) is 0 Å². The minimum absolute atomic E-state index is 0.0841. The highest BCUT2D eigenvalue weighted by molar-refractivity contribution is 5.92. The second kappa shape index (κ2) is 7.22. The van der Waals surface area contributed by atoms with E-state index >= 15 is 0 Å². The van der Waals surface area contributed by atoms with Crippen LogP contribution in [0.5, 0.6) is 0 Å². The maximum atomic E-state index is 12.7. The number of aromatic nitrogens is 6. The highest BCUT2D eigenvalue weighted by Gasteiger charge is 2.27. The fourth-order valence-corrected chi connectivity index (χ4v) is 3.42. The van der Waals surface area contributed by atoms with Gasteiger partial charge in [-0.15, -0.1) is 0 Å². The van der Waals surface area contributed by atoms with Crippen LogP contribution in [0.4, 0.5) is 0 Å². The summed E-state index contributed by atoms with van der Waals surface area (Å²) < 4.78 is 2.00. The number of likely N-dealkylation sites (tertiary alicyclic amines) is 1. The van der Waals surface area contributed by atoms with Gasteiger partial charge >= 0.3 is 0 Å². The number of hydrogen-bond donors (Lipinski definition) is 0. The Morgan fingerprint density at radius 3 is 2.74 bits per heavy atom. The lowest BCUT2D eigenvalue weighted by Gasteiger charge is -2.32. The van der Waals surface area contributed by atoms with Gasteiger partial charge < -0.3 is 9.47 Å². The molecule has 1 saturated heterocycles. The number of carbonyl (C=O) groups is 1. The summed E-state index contributed by atoms with van der Waals surface area (Å²) in [5, 5.41) is 0. The molecule has 0 aromatic carbocycles. The molecule has 0 spiro atoms. The molecular formula is C19H21N7O. The fraction of sp³-hybridized carbons (Fsp3) is 0.368. The van der Waals surface area contributed by atoms with Crippen molar-refractivity contribution in [3.8, 4) is 11.4 Å². The predicted octanol–water partition coefficient (Wildman–Crippen LogP) is 2.00. The van der Waals surface area contributed by atoms with E-state index in [1.807, 2.05) is 29.6 Å². The molecule has 1 fully saturated rings. The summed E-state index contributed by atoms with van der Waals surface area (Å²) in [6.45, 7) is 3.29. The largest absolute Gasteiger partial charge is 0.337 e. The summed E-state index contributed by atoms with van der Waals surface area (Å²) in [5.41, 5.74) is 3.02. The van der Waals surface area contributed by atoms with Crippen molar-refractivity contribution in [3.05, 3.63) is 54.4 Å². The number of nitrogens with zero attached hydrogens (tertiary/aromatic N) is 7. The molecule has 0 radical (unpaired) electrons. The van der Waals surface area contributed by atoms with Gasteiger partial charge in [-0.1, -0.05) is 0 Å². The second-order valence-electron chi connectivity index (χ2n) is 6.76. The smallest absolute Gasteiger partial charge is 0.274 e. The first kappa shape index (κ1) is 17.3. The molecule has 3 aromatic rings. The summed E-state index contributed by atoms with van der Waals surface area (Å²) in [5.74, 6) is 0.996. The van der Waals surface area contributed by atoms with Gasteiger partial charge in [0.2, 0.25) is 0 Å². The van der Waals surface area contributed by atoms with E-state index in [0.717, 1.165) is 42.3 Å². The zero-order valence-corrected chi connectivity index (χ0v) is 15.4. The molecule has 4 rings (SSSR count). The van der Waals surface area contributed by atoms with Crippen molar-refractivity contribution < 1.29 is 4.79 Å². The molecule has 1 aliphatic rings. The monoisotopic (exact) mass is 363 g/mol. The molecule has 1 atom stereocenters. The molecule has 8 nitrogen and oxygen atoms in total. The number of piperidine rings is 1. The van der Waals surface area contributed by atoms with Gasteiger partial charge in [0.1, 0.15) is 17.2 Å². The van der Waals surface area contributed by atoms with Gasteiger partial charge in [-0.3, -0.25) is 14.8 Å². The van der Waals surface area contributed by atoms with Crippen LogP contribution in [-0.4, -0.2) is 53.4 Å². The van der Waals surface area contributed by atoms with Crippen LogP contribution in [0.15, 0.2) is 37.2 Å². The summed E-state index contributed by atoms with van der Waals surface area (Å²) >= 11 is 0. The molecule has 0 saturated carbocycles. The maximum Gasteiger partial charge on any atom is 0.274 e. The molecule has 27 heavy (non-hydrogen) atoms. The molecule has 0 bridgehead atoms. The average molecular weight is 363 g/mol. The van der Waals surface area contributed by atoms with E-state index in [4.69, 9.17) is 4.98 Å². The number of carbonyl (C=O) groups excluding carboxylic acids is 1. The first-order chi connectivity index (χ1) is 13.1.